The molecule has 37 heavy (non-hydrogen) atoms. The molecule has 1 N–H and O–H groups in total. The number of methoxy groups -OCH3 is 1. The molecule has 190 valence electrons. The van der Waals surface area contributed by atoms with E-state index in [1.165, 1.54) is 43.5 Å². The molecule has 0 fully saturated rings. The molecule has 0 bridgehead atoms. The van der Waals surface area contributed by atoms with Gasteiger partial charge in [0.05, 0.1) is 25.6 Å². The summed E-state index contributed by atoms with van der Waals surface area (Å²) in [7, 11) is -3.08. The fourth-order valence-corrected chi connectivity index (χ4v) is 5.02. The number of nitriles is 1. The summed E-state index contributed by atoms with van der Waals surface area (Å²) in [6, 6.07) is 13.3. The highest BCUT2D eigenvalue weighted by Crippen LogP contribution is 2.37. The lowest BCUT2D eigenvalue weighted by atomic mass is 10.1. The van der Waals surface area contributed by atoms with Gasteiger partial charge < -0.3 is 14.2 Å². The van der Waals surface area contributed by atoms with Gasteiger partial charge >= 0.3 is 10.1 Å². The molecule has 10 nitrogen and oxygen atoms in total. The average Bonchev–Trinajstić information content (AvgIpc) is 2.86. The molecular weight excluding hydrogens is 660 g/mol. The predicted molar refractivity (Wildman–Crippen MR) is 145 cm³/mol. The van der Waals surface area contributed by atoms with Crippen molar-refractivity contribution in [2.75, 3.05) is 12.4 Å². The number of hydrogen-bond acceptors (Lipinski definition) is 8. The van der Waals surface area contributed by atoms with Crippen LogP contribution in [0.25, 0.3) is 6.08 Å². The highest BCUT2D eigenvalue weighted by Gasteiger charge is 2.23. The molecule has 0 saturated carbocycles. The second-order valence-electron chi connectivity index (χ2n) is 7.08. The third-order valence-electron chi connectivity index (χ3n) is 4.63. The van der Waals surface area contributed by atoms with Crippen molar-refractivity contribution < 1.29 is 27.1 Å². The molecule has 0 spiro atoms. The van der Waals surface area contributed by atoms with Gasteiger partial charge in [-0.1, -0.05) is 23.2 Å². The van der Waals surface area contributed by atoms with Crippen molar-refractivity contribution in [2.45, 2.75) is 4.90 Å². The number of ether oxygens (including phenoxy) is 1. The number of carbonyl (C=O) groups is 1. The topological polar surface area (TPSA) is 149 Å². The van der Waals surface area contributed by atoms with E-state index in [1.54, 1.807) is 0 Å². The zero-order chi connectivity index (χ0) is 27.3. The molecule has 1 amide bonds. The molecular formula is C23H14Cl2IN3O7S. The van der Waals surface area contributed by atoms with Crippen LogP contribution in [-0.2, 0) is 14.9 Å². The quantitative estimate of drug-likeness (QED) is 0.0784. The van der Waals surface area contributed by atoms with Crippen LogP contribution in [0.4, 0.5) is 11.4 Å². The average molecular weight is 674 g/mol. The minimum Gasteiger partial charge on any atom is -0.493 e. The van der Waals surface area contributed by atoms with Crippen LogP contribution in [0.2, 0.25) is 10.0 Å². The Morgan fingerprint density at radius 1 is 1.14 bits per heavy atom. The Balaban J connectivity index is 1.90. The molecule has 0 aliphatic heterocycles. The lowest BCUT2D eigenvalue weighted by Crippen LogP contribution is -2.13. The Bertz CT molecular complexity index is 1570. The number of rotatable bonds is 8. The molecule has 3 rings (SSSR count). The van der Waals surface area contributed by atoms with E-state index < -0.39 is 20.9 Å². The number of nitrogens with zero attached hydrogens (tertiary/aromatic N) is 2. The van der Waals surface area contributed by atoms with Crippen molar-refractivity contribution in [3.8, 4) is 17.6 Å². The zero-order valence-electron chi connectivity index (χ0n) is 18.6. The Kier molecular flexibility index (Phi) is 8.98. The van der Waals surface area contributed by atoms with Crippen LogP contribution in [-0.4, -0.2) is 26.4 Å². The Morgan fingerprint density at radius 2 is 1.81 bits per heavy atom. The van der Waals surface area contributed by atoms with Crippen LogP contribution in [0.3, 0.4) is 0 Å². The molecule has 0 heterocycles. The van der Waals surface area contributed by atoms with Gasteiger partial charge in [-0.3, -0.25) is 14.9 Å². The molecule has 0 aliphatic carbocycles. The van der Waals surface area contributed by atoms with E-state index in [1.807, 2.05) is 28.7 Å². The number of halogens is 3. The van der Waals surface area contributed by atoms with E-state index in [2.05, 4.69) is 5.32 Å². The van der Waals surface area contributed by atoms with Gasteiger partial charge in [-0.05, 0) is 76.7 Å². The maximum Gasteiger partial charge on any atom is 0.339 e. The van der Waals surface area contributed by atoms with Crippen molar-refractivity contribution >= 4 is 79.3 Å². The molecule has 0 radical (unpaired) electrons. The Labute approximate surface area is 234 Å². The summed E-state index contributed by atoms with van der Waals surface area (Å²) >= 11 is 13.6. The monoisotopic (exact) mass is 673 g/mol. The number of nitro benzene ring substituents is 1. The van der Waals surface area contributed by atoms with Gasteiger partial charge in [-0.2, -0.15) is 13.7 Å². The van der Waals surface area contributed by atoms with Gasteiger partial charge in [0.1, 0.15) is 16.5 Å². The van der Waals surface area contributed by atoms with Gasteiger partial charge in [0.15, 0.2) is 11.5 Å². The maximum atomic E-state index is 12.7. The zero-order valence-corrected chi connectivity index (χ0v) is 23.1. The summed E-state index contributed by atoms with van der Waals surface area (Å²) in [4.78, 5) is 22.5. The summed E-state index contributed by atoms with van der Waals surface area (Å²) in [5.74, 6) is -0.848. The van der Waals surface area contributed by atoms with E-state index in [9.17, 15) is 28.6 Å². The van der Waals surface area contributed by atoms with E-state index in [-0.39, 0.29) is 36.2 Å². The third-order valence-corrected chi connectivity index (χ3v) is 7.41. The van der Waals surface area contributed by atoms with E-state index in [0.717, 1.165) is 24.3 Å². The van der Waals surface area contributed by atoms with Gasteiger partial charge in [-0.25, -0.2) is 0 Å². The van der Waals surface area contributed by atoms with Crippen molar-refractivity contribution in [3.05, 3.63) is 89.5 Å². The van der Waals surface area contributed by atoms with Crippen LogP contribution in [0, 0.1) is 25.0 Å². The fourth-order valence-electron chi connectivity index (χ4n) is 2.88. The van der Waals surface area contributed by atoms with Crippen molar-refractivity contribution in [3.63, 3.8) is 0 Å². The van der Waals surface area contributed by atoms with Gasteiger partial charge in [-0.15, -0.1) is 0 Å². The number of benzene rings is 3. The SMILES string of the molecule is COc1cc(/C=C(\C#N)C(=O)Nc2ccc(Cl)c(Cl)c2)cc(I)c1OS(=O)(=O)c1ccc([N+](=O)[O-])cc1. The minimum atomic E-state index is -4.37. The van der Waals surface area contributed by atoms with Crippen molar-refractivity contribution in [2.24, 2.45) is 0 Å². The first-order valence-electron chi connectivity index (χ1n) is 9.90. The highest BCUT2D eigenvalue weighted by molar-refractivity contribution is 14.1. The third kappa shape index (κ3) is 6.89. The molecule has 3 aromatic carbocycles. The maximum absolute atomic E-state index is 12.7. The Morgan fingerprint density at radius 3 is 2.38 bits per heavy atom. The van der Waals surface area contributed by atoms with Crippen LogP contribution in [0.5, 0.6) is 11.5 Å². The summed E-state index contributed by atoms with van der Waals surface area (Å²) in [5, 5.41) is 23.4. The first-order valence-corrected chi connectivity index (χ1v) is 13.1. The summed E-state index contributed by atoms with van der Waals surface area (Å²) in [5.41, 5.74) is 0.143. The summed E-state index contributed by atoms with van der Waals surface area (Å²) in [6.07, 6.45) is 1.28. The highest BCUT2D eigenvalue weighted by atomic mass is 127. The van der Waals surface area contributed by atoms with E-state index in [4.69, 9.17) is 32.1 Å². The number of anilines is 1. The van der Waals surface area contributed by atoms with Gasteiger partial charge in [0.2, 0.25) is 0 Å². The van der Waals surface area contributed by atoms with Crippen LogP contribution in [0.1, 0.15) is 5.56 Å². The largest absolute Gasteiger partial charge is 0.493 e. The van der Waals surface area contributed by atoms with Crippen LogP contribution < -0.4 is 14.2 Å². The standard InChI is InChI=1S/C23H14Cl2IN3O7S/c1-35-21-10-13(8-14(12-27)23(30)28-15-2-7-18(24)19(25)11-15)9-20(26)22(21)36-37(33,34)17-5-3-16(4-6-17)29(31)32/h2-11H,1H3,(H,28,30)/b14-8+. The molecule has 0 aromatic heterocycles. The molecule has 0 saturated heterocycles. The number of hydrogen-bond donors (Lipinski definition) is 1. The number of nitro groups is 1. The second-order valence-corrected chi connectivity index (χ2v) is 10.6. The lowest BCUT2D eigenvalue weighted by Gasteiger charge is -2.13. The molecule has 0 atom stereocenters. The molecule has 0 aliphatic rings. The molecule has 14 heteroatoms. The second kappa shape index (κ2) is 11.8. The smallest absolute Gasteiger partial charge is 0.339 e. The van der Waals surface area contributed by atoms with Crippen LogP contribution >= 0.6 is 45.8 Å². The van der Waals surface area contributed by atoms with Crippen molar-refractivity contribution in [1.29, 1.82) is 5.26 Å². The fraction of sp³-hybridized carbons (Fsp3) is 0.0435. The summed E-state index contributed by atoms with van der Waals surface area (Å²) < 4.78 is 36.3. The number of non-ortho nitro benzene ring substituents is 1. The molecule has 0 unspecified atom stereocenters. The van der Waals surface area contributed by atoms with Crippen LogP contribution in [0.15, 0.2) is 65.1 Å². The van der Waals surface area contributed by atoms with E-state index in [0.29, 0.717) is 16.3 Å². The van der Waals surface area contributed by atoms with Gasteiger partial charge in [0, 0.05) is 17.8 Å². The van der Waals surface area contributed by atoms with E-state index >= 15 is 0 Å². The normalized spacial score (nSPS) is 11.4. The summed E-state index contributed by atoms with van der Waals surface area (Å²) in [6.45, 7) is 0. The first-order chi connectivity index (χ1) is 17.4. The Hall–Kier alpha value is -3.38. The lowest BCUT2D eigenvalue weighted by molar-refractivity contribution is -0.384. The van der Waals surface area contributed by atoms with Gasteiger partial charge in [0.25, 0.3) is 11.6 Å². The number of carbonyl (C=O) groups excluding carboxylic acids is 1. The minimum absolute atomic E-state index is 0.00539. The number of amides is 1. The number of nitrogens with one attached hydrogen (secondary N) is 1. The first kappa shape index (κ1) is 28.2. The van der Waals surface area contributed by atoms with Crippen molar-refractivity contribution in [1.82, 2.24) is 0 Å². The predicted octanol–water partition coefficient (Wildman–Crippen LogP) is 5.83. The molecule has 3 aromatic rings.